The summed E-state index contributed by atoms with van der Waals surface area (Å²) in [5.74, 6) is -0.873. The van der Waals surface area contributed by atoms with E-state index < -0.39 is 5.82 Å². The molecule has 1 aromatic carbocycles. The number of nitrogens with zero attached hydrogens (tertiary/aromatic N) is 6. The molecule has 3 heterocycles. The number of amides is 1. The number of carbonyl (C=O) groups is 1. The molecule has 1 aliphatic heterocycles. The van der Waals surface area contributed by atoms with Crippen LogP contribution in [0, 0.1) is 22.6 Å². The molecule has 1 saturated heterocycles. The van der Waals surface area contributed by atoms with Crippen LogP contribution >= 0.6 is 0 Å². The van der Waals surface area contributed by atoms with Gasteiger partial charge in [0.25, 0.3) is 5.91 Å². The Balaban J connectivity index is 1.75. The van der Waals surface area contributed by atoms with Crippen molar-refractivity contribution >= 4 is 22.8 Å². The van der Waals surface area contributed by atoms with Gasteiger partial charge in [-0.2, -0.15) is 10.4 Å². The molecular weight excluding hydrogens is 437 g/mol. The number of nitrogen functional groups attached to an aromatic ring is 1. The van der Waals surface area contributed by atoms with Crippen LogP contribution in [0.25, 0.3) is 22.3 Å². The largest absolute Gasteiger partial charge is 0.508 e. The number of benzene rings is 1. The molecule has 1 unspecified atom stereocenters. The van der Waals surface area contributed by atoms with E-state index in [9.17, 15) is 19.6 Å². The molecule has 0 spiro atoms. The summed E-state index contributed by atoms with van der Waals surface area (Å²) >= 11 is 0. The molecule has 0 saturated carbocycles. The van der Waals surface area contributed by atoms with E-state index in [1.165, 1.54) is 18.5 Å². The van der Waals surface area contributed by atoms with Gasteiger partial charge in [-0.25, -0.2) is 19.0 Å². The number of carbonyl (C=O) groups excluding carboxylic acids is 1. The van der Waals surface area contributed by atoms with Crippen molar-refractivity contribution in [2.75, 3.05) is 18.8 Å². The molecule has 9 nitrogen and oxygen atoms in total. The van der Waals surface area contributed by atoms with E-state index in [0.717, 1.165) is 6.07 Å². The Morgan fingerprint density at radius 1 is 1.35 bits per heavy atom. The molecule has 0 radical (unpaired) electrons. The minimum Gasteiger partial charge on any atom is -0.508 e. The molecule has 1 aliphatic rings. The summed E-state index contributed by atoms with van der Waals surface area (Å²) in [6.45, 7) is 6.61. The van der Waals surface area contributed by atoms with Crippen molar-refractivity contribution in [1.29, 1.82) is 5.26 Å². The first-order chi connectivity index (χ1) is 16.1. The predicted molar refractivity (Wildman–Crippen MR) is 125 cm³/mol. The summed E-state index contributed by atoms with van der Waals surface area (Å²) in [5, 5.41) is 24.5. The lowest BCUT2D eigenvalue weighted by atomic mass is 9.93. The third kappa shape index (κ3) is 4.41. The summed E-state index contributed by atoms with van der Waals surface area (Å²) in [4.78, 5) is 23.1. The van der Waals surface area contributed by atoms with Gasteiger partial charge in [-0.3, -0.25) is 4.79 Å². The number of nitriles is 1. The lowest BCUT2D eigenvalue weighted by Crippen LogP contribution is -2.41. The van der Waals surface area contributed by atoms with E-state index in [0.29, 0.717) is 37.0 Å². The van der Waals surface area contributed by atoms with Gasteiger partial charge in [0.05, 0.1) is 11.4 Å². The van der Waals surface area contributed by atoms with E-state index in [1.54, 1.807) is 15.7 Å². The molecule has 1 atom stereocenters. The molecule has 3 aromatic rings. The van der Waals surface area contributed by atoms with E-state index in [1.807, 2.05) is 26.8 Å². The van der Waals surface area contributed by atoms with E-state index in [2.05, 4.69) is 15.1 Å². The lowest BCUT2D eigenvalue weighted by Gasteiger charge is -2.33. The van der Waals surface area contributed by atoms with E-state index in [4.69, 9.17) is 5.73 Å². The highest BCUT2D eigenvalue weighted by molar-refractivity contribution is 5.99. The smallest absolute Gasteiger partial charge is 0.264 e. The number of likely N-dealkylation sites (tertiary alicyclic amines) is 1. The van der Waals surface area contributed by atoms with Gasteiger partial charge >= 0.3 is 0 Å². The van der Waals surface area contributed by atoms with Crippen molar-refractivity contribution in [3.63, 3.8) is 0 Å². The number of nitrogens with two attached hydrogens (primary N) is 1. The predicted octanol–water partition coefficient (Wildman–Crippen LogP) is 3.58. The number of hydrogen-bond acceptors (Lipinski definition) is 7. The summed E-state index contributed by atoms with van der Waals surface area (Å²) in [6, 6.07) is 5.45. The highest BCUT2D eigenvalue weighted by atomic mass is 19.1. The van der Waals surface area contributed by atoms with Crippen molar-refractivity contribution in [3.05, 3.63) is 42.0 Å². The second-order valence-electron chi connectivity index (χ2n) is 9.50. The van der Waals surface area contributed by atoms with Crippen molar-refractivity contribution < 1.29 is 14.3 Å². The van der Waals surface area contributed by atoms with Crippen LogP contribution in [0.15, 0.2) is 36.2 Å². The minimum atomic E-state index is -0.570. The zero-order chi connectivity index (χ0) is 24.6. The number of aromatic nitrogens is 4. The zero-order valence-electron chi connectivity index (χ0n) is 19.3. The Morgan fingerprint density at radius 3 is 2.82 bits per heavy atom. The topological polar surface area (TPSA) is 134 Å². The van der Waals surface area contributed by atoms with Crippen LogP contribution in [0.3, 0.4) is 0 Å². The Morgan fingerprint density at radius 2 is 2.12 bits per heavy atom. The molecule has 176 valence electrons. The van der Waals surface area contributed by atoms with Gasteiger partial charge in [0.15, 0.2) is 5.65 Å². The minimum absolute atomic E-state index is 0.0777. The van der Waals surface area contributed by atoms with Gasteiger partial charge in [0.2, 0.25) is 0 Å². The van der Waals surface area contributed by atoms with E-state index >= 15 is 0 Å². The Hall–Kier alpha value is -4.00. The Kier molecular flexibility index (Phi) is 5.96. The van der Waals surface area contributed by atoms with E-state index in [-0.39, 0.29) is 45.8 Å². The van der Waals surface area contributed by atoms with Crippen LogP contribution < -0.4 is 5.73 Å². The maximum Gasteiger partial charge on any atom is 0.264 e. The molecular formula is C24H26FN7O2. The zero-order valence-corrected chi connectivity index (χ0v) is 19.3. The molecule has 4 rings (SSSR count). The third-order valence-corrected chi connectivity index (χ3v) is 5.68. The summed E-state index contributed by atoms with van der Waals surface area (Å²) in [6.07, 6.45) is 4.39. The van der Waals surface area contributed by atoms with Crippen LogP contribution in [-0.4, -0.2) is 48.8 Å². The highest BCUT2D eigenvalue weighted by Crippen LogP contribution is 2.36. The number of allylic oxidation sites excluding steroid dienone is 1. The van der Waals surface area contributed by atoms with Crippen molar-refractivity contribution in [2.24, 2.45) is 5.41 Å². The molecule has 34 heavy (non-hydrogen) atoms. The van der Waals surface area contributed by atoms with Gasteiger partial charge in [0, 0.05) is 18.7 Å². The summed E-state index contributed by atoms with van der Waals surface area (Å²) < 4.78 is 16.3. The monoisotopic (exact) mass is 463 g/mol. The van der Waals surface area contributed by atoms with Crippen LogP contribution in [0.1, 0.15) is 39.7 Å². The number of aromatic hydroxyl groups is 1. The average Bonchev–Trinajstić information content (AvgIpc) is 3.19. The number of fused-ring (bicyclic) bond motifs is 1. The van der Waals surface area contributed by atoms with Gasteiger partial charge < -0.3 is 15.7 Å². The molecule has 2 aromatic heterocycles. The standard InChI is InChI=1S/C24H26FN7O2/c1-24(2,3)10-14(11-26)23(34)31-8-4-5-15(12-31)32-22-19(21(27)28-13-29-22)20(30-32)17-9-16(33)6-7-18(17)25/h6-7,9-10,13,15,33H,4-5,8,12H2,1-3H3,(H2,27,28,29). The van der Waals surface area contributed by atoms with Crippen molar-refractivity contribution in [1.82, 2.24) is 24.6 Å². The van der Waals surface area contributed by atoms with Crippen LogP contribution in [0.2, 0.25) is 0 Å². The van der Waals surface area contributed by atoms with Crippen molar-refractivity contribution in [3.8, 4) is 23.1 Å². The fourth-order valence-electron chi connectivity index (χ4n) is 4.22. The maximum absolute atomic E-state index is 14.7. The van der Waals surface area contributed by atoms with Crippen LogP contribution in [0.4, 0.5) is 10.2 Å². The second-order valence-corrected chi connectivity index (χ2v) is 9.50. The first-order valence-electron chi connectivity index (χ1n) is 11.0. The SMILES string of the molecule is CC(C)(C)C=C(C#N)C(=O)N1CCCC(n2nc(-c3cc(O)ccc3F)c3c(N)ncnc32)C1. The number of piperidine rings is 1. The third-order valence-electron chi connectivity index (χ3n) is 5.68. The van der Waals surface area contributed by atoms with Crippen LogP contribution in [-0.2, 0) is 4.79 Å². The Bertz CT molecular complexity index is 1330. The molecule has 10 heteroatoms. The number of phenolic OH excluding ortho intramolecular Hbond substituents is 1. The second kappa shape index (κ2) is 8.74. The summed E-state index contributed by atoms with van der Waals surface area (Å²) in [7, 11) is 0. The highest BCUT2D eigenvalue weighted by Gasteiger charge is 2.31. The van der Waals surface area contributed by atoms with Gasteiger partial charge in [-0.05, 0) is 36.5 Å². The lowest BCUT2D eigenvalue weighted by molar-refractivity contribution is -0.128. The van der Waals surface area contributed by atoms with Crippen molar-refractivity contribution in [2.45, 2.75) is 39.7 Å². The van der Waals surface area contributed by atoms with Gasteiger partial charge in [0.1, 0.15) is 41.0 Å². The molecule has 0 aliphatic carbocycles. The number of phenols is 1. The summed E-state index contributed by atoms with van der Waals surface area (Å²) in [5.41, 5.74) is 6.62. The van der Waals surface area contributed by atoms with Gasteiger partial charge in [-0.1, -0.05) is 26.8 Å². The molecule has 0 bridgehead atoms. The maximum atomic E-state index is 14.7. The quantitative estimate of drug-likeness (QED) is 0.448. The first-order valence-corrected chi connectivity index (χ1v) is 11.0. The molecule has 1 amide bonds. The number of hydrogen-bond donors (Lipinski definition) is 2. The fraction of sp³-hybridized carbons (Fsp3) is 0.375. The number of halogens is 1. The van der Waals surface area contributed by atoms with Gasteiger partial charge in [-0.15, -0.1) is 0 Å². The van der Waals surface area contributed by atoms with Crippen LogP contribution in [0.5, 0.6) is 5.75 Å². The first kappa shape index (κ1) is 23.2. The Labute approximate surface area is 196 Å². The number of anilines is 1. The fourth-order valence-corrected chi connectivity index (χ4v) is 4.22. The molecule has 3 N–H and O–H groups in total. The number of rotatable bonds is 3. The normalized spacial score (nSPS) is 17.1. The average molecular weight is 464 g/mol. The molecule has 1 fully saturated rings.